The normalized spacial score (nSPS) is 10.3. The highest BCUT2D eigenvalue weighted by atomic mass is 32.1. The Morgan fingerprint density at radius 2 is 2.25 bits per heavy atom. The van der Waals surface area contributed by atoms with Crippen LogP contribution < -0.4 is 0 Å². The zero-order chi connectivity index (χ0) is 11.7. The number of thiophene rings is 1. The van der Waals surface area contributed by atoms with Crippen molar-refractivity contribution in [2.75, 3.05) is 0 Å². The minimum absolute atomic E-state index is 0.0880. The fourth-order valence-electron chi connectivity index (χ4n) is 1.43. The minimum Gasteiger partial charge on any atom is -0.505 e. The van der Waals surface area contributed by atoms with Gasteiger partial charge in [0.05, 0.1) is 5.69 Å². The number of nitrogens with zero attached hydrogens (tertiary/aromatic N) is 1. The summed E-state index contributed by atoms with van der Waals surface area (Å²) in [5.41, 5.74) is 0.679. The van der Waals surface area contributed by atoms with Gasteiger partial charge in [-0.1, -0.05) is 6.07 Å². The van der Waals surface area contributed by atoms with Crippen LogP contribution in [0.15, 0.2) is 23.7 Å². The highest BCUT2D eigenvalue weighted by Crippen LogP contribution is 2.33. The van der Waals surface area contributed by atoms with Gasteiger partial charge in [-0.25, -0.2) is 4.79 Å². The summed E-state index contributed by atoms with van der Waals surface area (Å²) in [5.74, 6) is -1.41. The van der Waals surface area contributed by atoms with Gasteiger partial charge in [-0.2, -0.15) is 0 Å². The molecule has 2 rings (SSSR count). The lowest BCUT2D eigenvalue weighted by atomic mass is 10.1. The Kier molecular flexibility index (Phi) is 2.62. The molecule has 4 nitrogen and oxygen atoms in total. The molecule has 16 heavy (non-hydrogen) atoms. The van der Waals surface area contributed by atoms with E-state index in [1.54, 1.807) is 13.0 Å². The van der Waals surface area contributed by atoms with Crippen molar-refractivity contribution < 1.29 is 15.0 Å². The summed E-state index contributed by atoms with van der Waals surface area (Å²) in [6.07, 6.45) is 1.48. The molecule has 0 radical (unpaired) electrons. The van der Waals surface area contributed by atoms with E-state index in [9.17, 15) is 9.90 Å². The maximum atomic E-state index is 11.1. The second-order valence-electron chi connectivity index (χ2n) is 3.26. The summed E-state index contributed by atoms with van der Waals surface area (Å²) >= 11 is 1.41. The summed E-state index contributed by atoms with van der Waals surface area (Å²) in [7, 11) is 0. The van der Waals surface area contributed by atoms with Gasteiger partial charge in [0.25, 0.3) is 0 Å². The van der Waals surface area contributed by atoms with E-state index in [-0.39, 0.29) is 11.3 Å². The largest absolute Gasteiger partial charge is 0.505 e. The molecule has 2 heterocycles. The van der Waals surface area contributed by atoms with Crippen molar-refractivity contribution in [3.05, 3.63) is 35.0 Å². The zero-order valence-corrected chi connectivity index (χ0v) is 9.28. The van der Waals surface area contributed by atoms with Crippen molar-refractivity contribution in [1.29, 1.82) is 0 Å². The van der Waals surface area contributed by atoms with E-state index in [0.717, 1.165) is 4.88 Å². The number of aromatic hydroxyl groups is 1. The van der Waals surface area contributed by atoms with E-state index in [2.05, 4.69) is 4.98 Å². The predicted octanol–water partition coefficient (Wildman–Crippen LogP) is 2.52. The van der Waals surface area contributed by atoms with E-state index < -0.39 is 5.97 Å². The number of hydrogen-bond acceptors (Lipinski definition) is 4. The van der Waals surface area contributed by atoms with Gasteiger partial charge in [0, 0.05) is 16.6 Å². The van der Waals surface area contributed by atoms with Crippen LogP contribution in [0.2, 0.25) is 0 Å². The second kappa shape index (κ2) is 3.94. The number of aromatic nitrogens is 1. The molecule has 0 aliphatic rings. The maximum Gasteiger partial charge on any atom is 0.340 e. The molecule has 0 aliphatic carbocycles. The summed E-state index contributed by atoms with van der Waals surface area (Å²) in [4.78, 5) is 15.9. The lowest BCUT2D eigenvalue weighted by Gasteiger charge is -2.07. The van der Waals surface area contributed by atoms with Crippen LogP contribution in [-0.4, -0.2) is 21.2 Å². The van der Waals surface area contributed by atoms with Gasteiger partial charge in [-0.05, 0) is 18.4 Å². The van der Waals surface area contributed by atoms with Crippen LogP contribution in [0, 0.1) is 6.92 Å². The number of carboxylic acids is 1. The monoisotopic (exact) mass is 235 g/mol. The van der Waals surface area contributed by atoms with Gasteiger partial charge in [0.15, 0.2) is 5.75 Å². The molecule has 0 aliphatic heterocycles. The maximum absolute atomic E-state index is 11.1. The predicted molar refractivity (Wildman–Crippen MR) is 60.9 cm³/mol. The molecular formula is C11H9NO3S. The molecule has 0 unspecified atom stereocenters. The Morgan fingerprint density at radius 1 is 1.50 bits per heavy atom. The number of hydrogen-bond donors (Lipinski definition) is 2. The van der Waals surface area contributed by atoms with E-state index in [0.29, 0.717) is 11.3 Å². The van der Waals surface area contributed by atoms with Crippen LogP contribution >= 0.6 is 11.3 Å². The van der Waals surface area contributed by atoms with Gasteiger partial charge in [-0.15, -0.1) is 11.3 Å². The number of carbonyl (C=O) groups is 1. The Hall–Kier alpha value is -1.88. The molecule has 0 aromatic carbocycles. The molecule has 0 spiro atoms. The first-order valence-electron chi connectivity index (χ1n) is 4.57. The van der Waals surface area contributed by atoms with E-state index in [1.807, 2.05) is 11.4 Å². The van der Waals surface area contributed by atoms with Crippen LogP contribution in [0.3, 0.4) is 0 Å². The van der Waals surface area contributed by atoms with Crippen LogP contribution in [0.5, 0.6) is 5.75 Å². The van der Waals surface area contributed by atoms with Crippen LogP contribution in [-0.2, 0) is 0 Å². The fraction of sp³-hybridized carbons (Fsp3) is 0.0909. The van der Waals surface area contributed by atoms with Crippen molar-refractivity contribution in [2.45, 2.75) is 6.92 Å². The minimum atomic E-state index is -1.15. The quantitative estimate of drug-likeness (QED) is 0.839. The molecule has 0 saturated heterocycles. The molecule has 82 valence electrons. The topological polar surface area (TPSA) is 70.4 Å². The third kappa shape index (κ3) is 1.65. The van der Waals surface area contributed by atoms with Gasteiger partial charge in [0.1, 0.15) is 5.56 Å². The first-order valence-corrected chi connectivity index (χ1v) is 5.45. The molecular weight excluding hydrogens is 226 g/mol. The van der Waals surface area contributed by atoms with E-state index in [4.69, 9.17) is 5.11 Å². The summed E-state index contributed by atoms with van der Waals surface area (Å²) in [5, 5.41) is 20.6. The first-order chi connectivity index (χ1) is 7.61. The van der Waals surface area contributed by atoms with Crippen molar-refractivity contribution in [3.8, 4) is 16.2 Å². The molecule has 0 saturated carbocycles. The fourth-order valence-corrected chi connectivity index (χ4v) is 2.17. The van der Waals surface area contributed by atoms with E-state index >= 15 is 0 Å². The number of aromatic carboxylic acids is 1. The zero-order valence-electron chi connectivity index (χ0n) is 8.47. The van der Waals surface area contributed by atoms with Gasteiger partial charge >= 0.3 is 5.97 Å². The molecule has 2 aromatic rings. The molecule has 0 fully saturated rings. The number of rotatable bonds is 2. The average Bonchev–Trinajstić information content (AvgIpc) is 2.74. The lowest BCUT2D eigenvalue weighted by Crippen LogP contribution is -2.02. The number of aryl methyl sites for hydroxylation is 1. The molecule has 2 aromatic heterocycles. The molecule has 0 amide bonds. The summed E-state index contributed by atoms with van der Waals surface area (Å²) in [6.45, 7) is 1.57. The smallest absolute Gasteiger partial charge is 0.340 e. The molecule has 2 N–H and O–H groups in total. The van der Waals surface area contributed by atoms with Crippen molar-refractivity contribution in [3.63, 3.8) is 0 Å². The van der Waals surface area contributed by atoms with E-state index in [1.165, 1.54) is 17.5 Å². The third-order valence-electron chi connectivity index (χ3n) is 2.24. The molecule has 0 atom stereocenters. The van der Waals surface area contributed by atoms with Gasteiger partial charge in [0.2, 0.25) is 0 Å². The van der Waals surface area contributed by atoms with Gasteiger partial charge < -0.3 is 10.2 Å². The highest BCUT2D eigenvalue weighted by Gasteiger charge is 2.19. The lowest BCUT2D eigenvalue weighted by molar-refractivity contribution is 0.0694. The number of pyridine rings is 1. The number of carboxylic acid groups (broad SMARTS) is 1. The highest BCUT2D eigenvalue weighted by molar-refractivity contribution is 7.13. The Labute approximate surface area is 95.8 Å². The van der Waals surface area contributed by atoms with Crippen LogP contribution in [0.25, 0.3) is 10.4 Å². The summed E-state index contributed by atoms with van der Waals surface area (Å²) in [6, 6.07) is 3.62. The van der Waals surface area contributed by atoms with Crippen molar-refractivity contribution in [2.24, 2.45) is 0 Å². The SMILES string of the molecule is Cc1ncc(-c2cccs2)c(C(=O)O)c1O. The van der Waals surface area contributed by atoms with Crippen molar-refractivity contribution in [1.82, 2.24) is 4.98 Å². The van der Waals surface area contributed by atoms with Crippen LogP contribution in [0.4, 0.5) is 0 Å². The Balaban J connectivity index is 2.71. The Bertz CT molecular complexity index is 534. The standard InChI is InChI=1S/C11H9NO3S/c1-6-10(13)9(11(14)15)7(5-12-6)8-3-2-4-16-8/h2-5,13H,1H3,(H,14,15). The Morgan fingerprint density at radius 3 is 2.81 bits per heavy atom. The molecule has 5 heteroatoms. The molecule has 0 bridgehead atoms. The average molecular weight is 235 g/mol. The summed E-state index contributed by atoms with van der Waals surface area (Å²) < 4.78 is 0. The van der Waals surface area contributed by atoms with Gasteiger partial charge in [-0.3, -0.25) is 4.98 Å². The van der Waals surface area contributed by atoms with Crippen LogP contribution in [0.1, 0.15) is 16.1 Å². The second-order valence-corrected chi connectivity index (χ2v) is 4.21. The third-order valence-corrected chi connectivity index (χ3v) is 3.14. The first kappa shape index (κ1) is 10.6. The van der Waals surface area contributed by atoms with Crippen molar-refractivity contribution >= 4 is 17.3 Å².